The molecule has 9 heteroatoms. The molecule has 1 aliphatic rings. The molecule has 0 aliphatic heterocycles. The highest BCUT2D eigenvalue weighted by atomic mass is 16.5. The Labute approximate surface area is 156 Å². The fourth-order valence-corrected chi connectivity index (χ4v) is 2.91. The SMILES string of the molecule is CCn1nnc(-c2cnc(C)nc2OC[C@@H]2C[C@H]2c2ccc(OC)cn2)n1. The molecular formula is C18H21N7O2. The molecule has 0 aromatic carbocycles. The van der Waals surface area contributed by atoms with E-state index in [0.717, 1.165) is 17.9 Å². The maximum atomic E-state index is 6.02. The van der Waals surface area contributed by atoms with E-state index in [1.807, 2.05) is 26.0 Å². The molecule has 0 amide bonds. The second-order valence-corrected chi connectivity index (χ2v) is 6.47. The number of hydrogen-bond donors (Lipinski definition) is 0. The number of methoxy groups -OCH3 is 1. The molecule has 2 atom stereocenters. The Balaban J connectivity index is 1.44. The summed E-state index contributed by atoms with van der Waals surface area (Å²) in [5.74, 6) is 3.18. The molecule has 0 unspecified atom stereocenters. The van der Waals surface area contributed by atoms with Gasteiger partial charge in [-0.25, -0.2) is 4.98 Å². The van der Waals surface area contributed by atoms with Crippen molar-refractivity contribution in [1.82, 2.24) is 35.2 Å². The first-order valence-corrected chi connectivity index (χ1v) is 8.92. The number of rotatable bonds is 7. The van der Waals surface area contributed by atoms with Crippen LogP contribution in [0.2, 0.25) is 0 Å². The van der Waals surface area contributed by atoms with Crippen LogP contribution in [0.15, 0.2) is 24.5 Å². The normalized spacial score (nSPS) is 18.3. The Morgan fingerprint density at radius 3 is 2.81 bits per heavy atom. The molecular weight excluding hydrogens is 346 g/mol. The highest BCUT2D eigenvalue weighted by Crippen LogP contribution is 2.47. The molecule has 0 saturated heterocycles. The average molecular weight is 367 g/mol. The number of pyridine rings is 1. The monoisotopic (exact) mass is 367 g/mol. The lowest BCUT2D eigenvalue weighted by molar-refractivity contribution is 0.285. The minimum absolute atomic E-state index is 0.404. The molecule has 0 radical (unpaired) electrons. The second kappa shape index (κ2) is 7.26. The third kappa shape index (κ3) is 3.71. The summed E-state index contributed by atoms with van der Waals surface area (Å²) in [6, 6.07) is 3.95. The van der Waals surface area contributed by atoms with E-state index in [2.05, 4.69) is 30.4 Å². The molecule has 140 valence electrons. The zero-order valence-electron chi connectivity index (χ0n) is 15.5. The zero-order chi connectivity index (χ0) is 18.8. The van der Waals surface area contributed by atoms with E-state index >= 15 is 0 Å². The van der Waals surface area contributed by atoms with Gasteiger partial charge in [-0.1, -0.05) is 0 Å². The van der Waals surface area contributed by atoms with Crippen molar-refractivity contribution in [1.29, 1.82) is 0 Å². The summed E-state index contributed by atoms with van der Waals surface area (Å²) in [7, 11) is 1.64. The van der Waals surface area contributed by atoms with Crippen LogP contribution in [-0.4, -0.2) is 48.9 Å². The van der Waals surface area contributed by atoms with Crippen molar-refractivity contribution < 1.29 is 9.47 Å². The molecule has 4 rings (SSSR count). The Hall–Kier alpha value is -3.10. The Morgan fingerprint density at radius 2 is 2.11 bits per heavy atom. The first-order chi connectivity index (χ1) is 13.2. The molecule has 3 aromatic rings. The summed E-state index contributed by atoms with van der Waals surface area (Å²) in [6.07, 6.45) is 4.48. The Bertz CT molecular complexity index is 926. The maximum absolute atomic E-state index is 6.02. The lowest BCUT2D eigenvalue weighted by Crippen LogP contribution is -2.06. The Kier molecular flexibility index (Phi) is 4.66. The molecule has 0 N–H and O–H groups in total. The minimum atomic E-state index is 0.404. The lowest BCUT2D eigenvalue weighted by atomic mass is 10.2. The van der Waals surface area contributed by atoms with Crippen molar-refractivity contribution in [3.8, 4) is 23.0 Å². The van der Waals surface area contributed by atoms with Crippen LogP contribution in [0.25, 0.3) is 11.4 Å². The third-order valence-corrected chi connectivity index (χ3v) is 4.58. The van der Waals surface area contributed by atoms with Gasteiger partial charge in [0, 0.05) is 23.7 Å². The highest BCUT2D eigenvalue weighted by molar-refractivity contribution is 5.59. The van der Waals surface area contributed by atoms with E-state index in [1.54, 1.807) is 19.5 Å². The first kappa shape index (κ1) is 17.3. The molecule has 0 bridgehead atoms. The molecule has 1 aliphatic carbocycles. The number of ether oxygens (including phenoxy) is 2. The molecule has 1 fully saturated rings. The number of hydrogen-bond acceptors (Lipinski definition) is 8. The van der Waals surface area contributed by atoms with Crippen molar-refractivity contribution in [3.05, 3.63) is 36.0 Å². The van der Waals surface area contributed by atoms with Crippen molar-refractivity contribution in [2.75, 3.05) is 13.7 Å². The Morgan fingerprint density at radius 1 is 1.22 bits per heavy atom. The van der Waals surface area contributed by atoms with Crippen LogP contribution in [0.5, 0.6) is 11.6 Å². The minimum Gasteiger partial charge on any atom is -0.495 e. The van der Waals surface area contributed by atoms with E-state index in [4.69, 9.17) is 9.47 Å². The largest absolute Gasteiger partial charge is 0.495 e. The van der Waals surface area contributed by atoms with Crippen LogP contribution in [-0.2, 0) is 6.54 Å². The summed E-state index contributed by atoms with van der Waals surface area (Å²) < 4.78 is 11.2. The maximum Gasteiger partial charge on any atom is 0.228 e. The van der Waals surface area contributed by atoms with Crippen molar-refractivity contribution >= 4 is 0 Å². The summed E-state index contributed by atoms with van der Waals surface area (Å²) >= 11 is 0. The van der Waals surface area contributed by atoms with Gasteiger partial charge in [0.05, 0.1) is 26.5 Å². The van der Waals surface area contributed by atoms with Gasteiger partial charge in [0.1, 0.15) is 17.1 Å². The van der Waals surface area contributed by atoms with Crippen LogP contribution < -0.4 is 9.47 Å². The predicted octanol–water partition coefficient (Wildman–Crippen LogP) is 2.04. The van der Waals surface area contributed by atoms with Crippen LogP contribution in [0.3, 0.4) is 0 Å². The van der Waals surface area contributed by atoms with Crippen LogP contribution in [0, 0.1) is 12.8 Å². The molecule has 3 aromatic heterocycles. The first-order valence-electron chi connectivity index (χ1n) is 8.92. The van der Waals surface area contributed by atoms with Gasteiger partial charge in [-0.15, -0.1) is 10.2 Å². The molecule has 9 nitrogen and oxygen atoms in total. The lowest BCUT2D eigenvalue weighted by Gasteiger charge is -2.08. The third-order valence-electron chi connectivity index (χ3n) is 4.58. The highest BCUT2D eigenvalue weighted by Gasteiger charge is 2.40. The average Bonchev–Trinajstić information content (AvgIpc) is 3.32. The summed E-state index contributed by atoms with van der Waals surface area (Å²) in [5.41, 5.74) is 1.72. The summed E-state index contributed by atoms with van der Waals surface area (Å²) in [5, 5.41) is 12.4. The van der Waals surface area contributed by atoms with E-state index in [9.17, 15) is 0 Å². The number of tetrazole rings is 1. The van der Waals surface area contributed by atoms with Gasteiger partial charge in [-0.2, -0.15) is 9.78 Å². The van der Waals surface area contributed by atoms with Gasteiger partial charge in [0.25, 0.3) is 0 Å². The zero-order valence-corrected chi connectivity index (χ0v) is 15.5. The van der Waals surface area contributed by atoms with Crippen LogP contribution >= 0.6 is 0 Å². The quantitative estimate of drug-likeness (QED) is 0.625. The standard InChI is InChI=1S/C18H21N7O2/c1-4-25-23-17(22-24-25)15-9-19-11(2)21-18(15)27-10-12-7-14(12)16-6-5-13(26-3)8-20-16/h5-6,8-9,12,14H,4,7,10H2,1-3H3/t12-,14+/m0/s1. The molecule has 27 heavy (non-hydrogen) atoms. The fourth-order valence-electron chi connectivity index (χ4n) is 2.91. The number of aryl methyl sites for hydroxylation is 2. The van der Waals surface area contributed by atoms with Crippen LogP contribution in [0.1, 0.15) is 30.8 Å². The van der Waals surface area contributed by atoms with Gasteiger partial charge in [-0.3, -0.25) is 4.98 Å². The summed E-state index contributed by atoms with van der Waals surface area (Å²) in [6.45, 7) is 4.99. The van der Waals surface area contributed by atoms with E-state index in [1.165, 1.54) is 4.80 Å². The van der Waals surface area contributed by atoms with E-state index in [0.29, 0.717) is 48.1 Å². The fraction of sp³-hybridized carbons (Fsp3) is 0.444. The van der Waals surface area contributed by atoms with Crippen LogP contribution in [0.4, 0.5) is 0 Å². The van der Waals surface area contributed by atoms with Gasteiger partial charge >= 0.3 is 0 Å². The second-order valence-electron chi connectivity index (χ2n) is 6.47. The molecule has 0 spiro atoms. The van der Waals surface area contributed by atoms with Crippen molar-refractivity contribution in [3.63, 3.8) is 0 Å². The molecule has 1 saturated carbocycles. The van der Waals surface area contributed by atoms with Gasteiger partial charge < -0.3 is 9.47 Å². The topological polar surface area (TPSA) is 101 Å². The number of nitrogens with zero attached hydrogens (tertiary/aromatic N) is 7. The molecule has 3 heterocycles. The van der Waals surface area contributed by atoms with Crippen molar-refractivity contribution in [2.24, 2.45) is 5.92 Å². The van der Waals surface area contributed by atoms with Gasteiger partial charge in [0.2, 0.25) is 11.7 Å². The van der Waals surface area contributed by atoms with Crippen molar-refractivity contribution in [2.45, 2.75) is 32.7 Å². The van der Waals surface area contributed by atoms with E-state index in [-0.39, 0.29) is 0 Å². The predicted molar refractivity (Wildman–Crippen MR) is 96.4 cm³/mol. The summed E-state index contributed by atoms with van der Waals surface area (Å²) in [4.78, 5) is 14.7. The van der Waals surface area contributed by atoms with Gasteiger partial charge in [0.15, 0.2) is 0 Å². The van der Waals surface area contributed by atoms with Gasteiger partial charge in [-0.05, 0) is 37.6 Å². The number of aromatic nitrogens is 7. The smallest absolute Gasteiger partial charge is 0.228 e. The van der Waals surface area contributed by atoms with E-state index < -0.39 is 0 Å².